The highest BCUT2D eigenvalue weighted by Gasteiger charge is 2.44. The lowest BCUT2D eigenvalue weighted by Crippen LogP contribution is -2.53. The number of rotatable bonds is 5. The molecule has 0 amide bonds. The fourth-order valence-corrected chi connectivity index (χ4v) is 2.83. The molecule has 0 bridgehead atoms. The molecule has 0 saturated heterocycles. The summed E-state index contributed by atoms with van der Waals surface area (Å²) in [7, 11) is 0. The maximum atomic E-state index is 8.92. The molecule has 4 rings (SSSR count). The Bertz CT molecular complexity index is 877. The van der Waals surface area contributed by atoms with Crippen molar-refractivity contribution in [2.75, 3.05) is 13.2 Å². The van der Waals surface area contributed by atoms with Crippen LogP contribution in [0.4, 0.5) is 0 Å². The number of quaternary nitrogens is 1. The van der Waals surface area contributed by atoms with Crippen molar-refractivity contribution in [3.8, 4) is 5.75 Å². The van der Waals surface area contributed by atoms with Gasteiger partial charge in [0.05, 0.1) is 24.6 Å². The van der Waals surface area contributed by atoms with Crippen molar-refractivity contribution in [3.05, 3.63) is 77.4 Å². The van der Waals surface area contributed by atoms with E-state index in [9.17, 15) is 0 Å². The Hall–Kier alpha value is -2.80. The maximum Gasteiger partial charge on any atom is 0.265 e. The minimum absolute atomic E-state index is 0.0204. The summed E-state index contributed by atoms with van der Waals surface area (Å²) in [5.41, 5.74) is 3.58. The molecule has 1 atom stereocenters. The van der Waals surface area contributed by atoms with E-state index in [0.29, 0.717) is 11.6 Å². The molecule has 6 heteroatoms. The predicted octanol–water partition coefficient (Wildman–Crippen LogP) is 1.77. The molecule has 0 radical (unpaired) electrons. The van der Waals surface area contributed by atoms with E-state index in [4.69, 9.17) is 20.7 Å². The van der Waals surface area contributed by atoms with Crippen molar-refractivity contribution in [2.45, 2.75) is 0 Å². The molecule has 1 aromatic carbocycles. The van der Waals surface area contributed by atoms with Crippen molar-refractivity contribution < 1.29 is 14.4 Å². The number of aliphatic imine (C=N–C) groups is 2. The van der Waals surface area contributed by atoms with Gasteiger partial charge in [-0.1, -0.05) is 24.3 Å². The third kappa shape index (κ3) is 2.25. The zero-order chi connectivity index (χ0) is 16.6. The fraction of sp³-hybridized carbons (Fsp3) is 0.111. The first-order chi connectivity index (χ1) is 11.7. The van der Waals surface area contributed by atoms with Crippen molar-refractivity contribution in [2.24, 2.45) is 15.8 Å². The first kappa shape index (κ1) is 14.8. The van der Waals surface area contributed by atoms with E-state index in [0.717, 1.165) is 22.5 Å². The normalized spacial score (nSPS) is 23.8. The van der Waals surface area contributed by atoms with Gasteiger partial charge in [0, 0.05) is 5.57 Å². The number of nitrogens with two attached hydrogens (primary N) is 1. The second-order valence-corrected chi connectivity index (χ2v) is 5.60. The van der Waals surface area contributed by atoms with E-state index in [2.05, 4.69) is 4.99 Å². The summed E-state index contributed by atoms with van der Waals surface area (Å²) in [6.45, 7) is 0.217. The standard InChI is InChI=1S/C18H17N4O2/c19-22-8-7-20-12-16(22)17(13-3-1-4-13)21-18(22)14-5-2-6-15(11-14)24-10-9-23/h1-8,11-12,23H,9-10,19H2/q+1. The highest BCUT2D eigenvalue weighted by atomic mass is 16.5. The van der Waals surface area contributed by atoms with Crippen LogP contribution in [0.5, 0.6) is 5.75 Å². The number of allylic oxidation sites excluding steroid dienone is 4. The van der Waals surface area contributed by atoms with Crippen LogP contribution in [0.25, 0.3) is 0 Å². The number of fused-ring (bicyclic) bond motifs is 1. The third-order valence-electron chi connectivity index (χ3n) is 4.07. The van der Waals surface area contributed by atoms with Crippen LogP contribution >= 0.6 is 0 Å². The molecule has 0 saturated carbocycles. The molecule has 3 N–H and O–H groups in total. The minimum atomic E-state index is -0.0302. The number of aliphatic hydroxyl groups is 1. The van der Waals surface area contributed by atoms with Gasteiger partial charge in [0.1, 0.15) is 24.3 Å². The van der Waals surface area contributed by atoms with E-state index >= 15 is 0 Å². The van der Waals surface area contributed by atoms with Crippen LogP contribution < -0.4 is 10.6 Å². The number of aliphatic hydroxyl groups excluding tert-OH is 1. The highest BCUT2D eigenvalue weighted by molar-refractivity contribution is 6.01. The molecule has 0 aromatic heterocycles. The van der Waals surface area contributed by atoms with Crippen LogP contribution in [0.3, 0.4) is 0 Å². The van der Waals surface area contributed by atoms with Gasteiger partial charge in [-0.15, -0.1) is 4.59 Å². The number of amidine groups is 1. The van der Waals surface area contributed by atoms with Crippen molar-refractivity contribution in [3.63, 3.8) is 0 Å². The Morgan fingerprint density at radius 1 is 1.29 bits per heavy atom. The summed E-state index contributed by atoms with van der Waals surface area (Å²) in [6, 6.07) is 7.56. The van der Waals surface area contributed by atoms with Gasteiger partial charge in [0.25, 0.3) is 5.84 Å². The molecule has 2 aliphatic heterocycles. The number of benzene rings is 1. The lowest BCUT2D eigenvalue weighted by atomic mass is 10.0. The highest BCUT2D eigenvalue weighted by Crippen LogP contribution is 2.36. The second kappa shape index (κ2) is 5.68. The van der Waals surface area contributed by atoms with Crippen LogP contribution in [0.2, 0.25) is 0 Å². The van der Waals surface area contributed by atoms with E-state index in [1.165, 1.54) is 0 Å². The fourth-order valence-electron chi connectivity index (χ4n) is 2.83. The molecule has 0 spiro atoms. The van der Waals surface area contributed by atoms with Gasteiger partial charge in [-0.05, 0) is 18.2 Å². The molecule has 120 valence electrons. The predicted molar refractivity (Wildman–Crippen MR) is 91.9 cm³/mol. The van der Waals surface area contributed by atoms with Crippen LogP contribution in [0, 0.1) is 0 Å². The van der Waals surface area contributed by atoms with Gasteiger partial charge in [0.15, 0.2) is 0 Å². The molecule has 1 unspecified atom stereocenters. The SMILES string of the molecule is N[N+]12C=CN=CC1=C(C1=CC=C1)N=C2c1cccc(OCCO)c1. The summed E-state index contributed by atoms with van der Waals surface area (Å²) in [5, 5.41) is 8.92. The summed E-state index contributed by atoms with van der Waals surface area (Å²) in [6.07, 6.45) is 11.2. The van der Waals surface area contributed by atoms with E-state index < -0.39 is 0 Å². The molecule has 0 fully saturated rings. The van der Waals surface area contributed by atoms with Gasteiger partial charge in [-0.25, -0.2) is 0 Å². The van der Waals surface area contributed by atoms with E-state index in [1.54, 1.807) is 12.4 Å². The van der Waals surface area contributed by atoms with Crippen LogP contribution in [0.15, 0.2) is 81.8 Å². The number of nitrogens with zero attached hydrogens (tertiary/aromatic N) is 3. The summed E-state index contributed by atoms with van der Waals surface area (Å²) in [5.74, 6) is 8.01. The topological polar surface area (TPSA) is 80.2 Å². The zero-order valence-corrected chi connectivity index (χ0v) is 13.0. The van der Waals surface area contributed by atoms with Crippen LogP contribution in [0.1, 0.15) is 5.56 Å². The van der Waals surface area contributed by atoms with Crippen LogP contribution in [-0.2, 0) is 0 Å². The summed E-state index contributed by atoms with van der Waals surface area (Å²) < 4.78 is 5.48. The van der Waals surface area contributed by atoms with Gasteiger partial charge < -0.3 is 9.84 Å². The van der Waals surface area contributed by atoms with Gasteiger partial charge in [0.2, 0.25) is 5.70 Å². The molecule has 24 heavy (non-hydrogen) atoms. The van der Waals surface area contributed by atoms with E-state index in [-0.39, 0.29) is 17.8 Å². The first-order valence-corrected chi connectivity index (χ1v) is 7.67. The summed E-state index contributed by atoms with van der Waals surface area (Å²) >= 11 is 0. The molecule has 1 aromatic rings. The molecule has 3 aliphatic rings. The smallest absolute Gasteiger partial charge is 0.265 e. The average molecular weight is 321 g/mol. The maximum absolute atomic E-state index is 8.92. The lowest BCUT2D eigenvalue weighted by Gasteiger charge is -2.26. The molecule has 6 nitrogen and oxygen atoms in total. The monoisotopic (exact) mass is 321 g/mol. The van der Waals surface area contributed by atoms with Gasteiger partial charge in [-0.2, -0.15) is 10.8 Å². The quantitative estimate of drug-likeness (QED) is 0.641. The summed E-state index contributed by atoms with van der Waals surface area (Å²) in [4.78, 5) is 9.00. The Kier molecular flexibility index (Phi) is 3.50. The average Bonchev–Trinajstić information content (AvgIpc) is 2.85. The molecular weight excluding hydrogens is 304 g/mol. The second-order valence-electron chi connectivity index (χ2n) is 5.60. The molecule has 2 heterocycles. The minimum Gasteiger partial charge on any atom is -0.491 e. The number of hydrogen-bond donors (Lipinski definition) is 2. The Labute approximate surface area is 139 Å². The molecule has 1 aliphatic carbocycles. The Morgan fingerprint density at radius 2 is 2.17 bits per heavy atom. The van der Waals surface area contributed by atoms with Crippen molar-refractivity contribution >= 4 is 12.1 Å². The number of ether oxygens (including phenoxy) is 1. The van der Waals surface area contributed by atoms with Crippen molar-refractivity contribution in [1.29, 1.82) is 0 Å². The lowest BCUT2D eigenvalue weighted by molar-refractivity contribution is -0.750. The van der Waals surface area contributed by atoms with Gasteiger partial charge >= 0.3 is 0 Å². The van der Waals surface area contributed by atoms with Gasteiger partial charge in [-0.3, -0.25) is 4.99 Å². The Morgan fingerprint density at radius 3 is 2.92 bits per heavy atom. The molecular formula is C18H17N4O2+. The van der Waals surface area contributed by atoms with Crippen LogP contribution in [-0.4, -0.2) is 35.0 Å². The van der Waals surface area contributed by atoms with E-state index in [1.807, 2.05) is 48.7 Å². The number of hydrogen-bond acceptors (Lipinski definition) is 5. The zero-order valence-electron chi connectivity index (χ0n) is 13.0. The first-order valence-electron chi connectivity index (χ1n) is 7.67. The Balaban J connectivity index is 1.76. The largest absolute Gasteiger partial charge is 0.491 e. The van der Waals surface area contributed by atoms with Crippen molar-refractivity contribution in [1.82, 2.24) is 0 Å². The third-order valence-corrected chi connectivity index (χ3v) is 4.07.